The second-order valence-corrected chi connectivity index (χ2v) is 9.45. The molecule has 0 saturated heterocycles. The highest BCUT2D eigenvalue weighted by molar-refractivity contribution is 6.06. The summed E-state index contributed by atoms with van der Waals surface area (Å²) >= 11 is 0. The van der Waals surface area contributed by atoms with Gasteiger partial charge in [0.15, 0.2) is 6.20 Å². The molecule has 5 aromatic rings. The fraction of sp³-hybridized carbons (Fsp3) is 0.121. The summed E-state index contributed by atoms with van der Waals surface area (Å²) in [4.78, 5) is 0. The lowest BCUT2D eigenvalue weighted by molar-refractivity contribution is -0.660. The van der Waals surface area contributed by atoms with Gasteiger partial charge >= 0.3 is 0 Å². The minimum absolute atomic E-state index is 1.25. The minimum atomic E-state index is 1.25. The molecule has 0 amide bonds. The molecule has 0 fully saturated rings. The van der Waals surface area contributed by atoms with E-state index in [9.17, 15) is 0 Å². The van der Waals surface area contributed by atoms with Crippen LogP contribution in [-0.4, -0.2) is 0 Å². The Kier molecular flexibility index (Phi) is 4.74. The fourth-order valence-electron chi connectivity index (χ4n) is 5.51. The van der Waals surface area contributed by atoms with Crippen LogP contribution in [0.4, 0.5) is 0 Å². The van der Waals surface area contributed by atoms with Gasteiger partial charge in [-0.1, -0.05) is 84.9 Å². The maximum atomic E-state index is 2.35. The van der Waals surface area contributed by atoms with Crippen LogP contribution in [0.25, 0.3) is 55.8 Å². The summed E-state index contributed by atoms with van der Waals surface area (Å²) in [5.41, 5.74) is 16.8. The lowest BCUT2D eigenvalue weighted by Crippen LogP contribution is -2.32. The van der Waals surface area contributed by atoms with Crippen LogP contribution in [0.5, 0.6) is 0 Å². The van der Waals surface area contributed by atoms with Crippen molar-refractivity contribution in [2.75, 3.05) is 0 Å². The van der Waals surface area contributed by atoms with Crippen LogP contribution in [-0.2, 0) is 7.05 Å². The van der Waals surface area contributed by atoms with Gasteiger partial charge in [-0.2, -0.15) is 0 Å². The Morgan fingerprint density at radius 1 is 0.441 bits per heavy atom. The molecule has 6 rings (SSSR count). The summed E-state index contributed by atoms with van der Waals surface area (Å²) in [6.07, 6.45) is 2.25. The summed E-state index contributed by atoms with van der Waals surface area (Å²) in [6, 6.07) is 33.5. The number of hydrogen-bond donors (Lipinski definition) is 0. The van der Waals surface area contributed by atoms with Crippen molar-refractivity contribution in [2.45, 2.75) is 20.8 Å². The van der Waals surface area contributed by atoms with Crippen LogP contribution in [0.2, 0.25) is 0 Å². The average Bonchev–Trinajstić information content (AvgIpc) is 2.85. The lowest BCUT2D eigenvalue weighted by atomic mass is 9.78. The molecule has 0 atom stereocenters. The topological polar surface area (TPSA) is 3.88 Å². The van der Waals surface area contributed by atoms with E-state index in [4.69, 9.17) is 0 Å². The molecule has 1 nitrogen and oxygen atoms in total. The maximum Gasteiger partial charge on any atom is 0.213 e. The molecule has 0 bridgehead atoms. The largest absolute Gasteiger partial charge is 0.213 e. The van der Waals surface area contributed by atoms with E-state index in [1.165, 1.54) is 72.5 Å². The molecule has 0 aliphatic heterocycles. The van der Waals surface area contributed by atoms with Crippen molar-refractivity contribution in [2.24, 2.45) is 7.05 Å². The highest BCUT2D eigenvalue weighted by atomic mass is 14.9. The van der Waals surface area contributed by atoms with Gasteiger partial charge in [0.25, 0.3) is 0 Å². The van der Waals surface area contributed by atoms with Crippen LogP contribution in [0.15, 0.2) is 97.2 Å². The normalized spacial score (nSPS) is 11.5. The Hall–Kier alpha value is -3.97. The van der Waals surface area contributed by atoms with Crippen molar-refractivity contribution >= 4 is 0 Å². The predicted octanol–water partition coefficient (Wildman–Crippen LogP) is 8.08. The summed E-state index contributed by atoms with van der Waals surface area (Å²) < 4.78 is 2.28. The second-order valence-electron chi connectivity index (χ2n) is 9.45. The molecule has 1 aliphatic rings. The molecule has 0 N–H and O–H groups in total. The van der Waals surface area contributed by atoms with Crippen molar-refractivity contribution in [3.63, 3.8) is 0 Å². The van der Waals surface area contributed by atoms with Gasteiger partial charge in [0.1, 0.15) is 7.05 Å². The molecule has 1 heterocycles. The van der Waals surface area contributed by atoms with Gasteiger partial charge in [0.05, 0.1) is 5.56 Å². The van der Waals surface area contributed by atoms with Gasteiger partial charge in [0, 0.05) is 17.2 Å². The number of fused-ring (bicyclic) bond motifs is 8. The zero-order chi connectivity index (χ0) is 23.4. The Balaban J connectivity index is 1.83. The number of nitrogens with zero attached hydrogens (tertiary/aromatic N) is 1. The second kappa shape index (κ2) is 7.81. The zero-order valence-electron chi connectivity index (χ0n) is 20.2. The summed E-state index contributed by atoms with van der Waals surface area (Å²) in [5, 5.41) is 0. The smallest absolute Gasteiger partial charge is 0.201 e. The number of rotatable bonds is 1. The summed E-state index contributed by atoms with van der Waals surface area (Å²) in [5.74, 6) is 0. The van der Waals surface area contributed by atoms with Crippen molar-refractivity contribution in [1.82, 2.24) is 0 Å². The first kappa shape index (κ1) is 20.6. The zero-order valence-corrected chi connectivity index (χ0v) is 20.2. The molecular weight excluding hydrogens is 410 g/mol. The van der Waals surface area contributed by atoms with Gasteiger partial charge in [0.2, 0.25) is 5.69 Å². The van der Waals surface area contributed by atoms with Crippen LogP contribution >= 0.6 is 0 Å². The highest BCUT2D eigenvalue weighted by Gasteiger charge is 2.27. The van der Waals surface area contributed by atoms with E-state index >= 15 is 0 Å². The van der Waals surface area contributed by atoms with Gasteiger partial charge in [-0.25, -0.2) is 4.57 Å². The van der Waals surface area contributed by atoms with Gasteiger partial charge in [-0.05, 0) is 70.8 Å². The van der Waals surface area contributed by atoms with Crippen LogP contribution in [0.3, 0.4) is 0 Å². The average molecular weight is 439 g/mol. The quantitative estimate of drug-likeness (QED) is 0.228. The first-order valence-corrected chi connectivity index (χ1v) is 11.9. The minimum Gasteiger partial charge on any atom is -0.201 e. The summed E-state index contributed by atoms with van der Waals surface area (Å²) in [7, 11) is 2.17. The van der Waals surface area contributed by atoms with E-state index in [-0.39, 0.29) is 0 Å². The highest BCUT2D eigenvalue weighted by Crippen LogP contribution is 2.50. The van der Waals surface area contributed by atoms with E-state index in [1.807, 2.05) is 0 Å². The van der Waals surface area contributed by atoms with Crippen molar-refractivity contribution in [1.29, 1.82) is 0 Å². The van der Waals surface area contributed by atoms with Crippen molar-refractivity contribution in [3.05, 3.63) is 114 Å². The molecule has 0 radical (unpaired) electrons. The molecule has 1 aliphatic carbocycles. The van der Waals surface area contributed by atoms with Crippen LogP contribution < -0.4 is 4.57 Å². The Bertz CT molecular complexity index is 1580. The van der Waals surface area contributed by atoms with Gasteiger partial charge in [-0.3, -0.25) is 0 Å². The van der Waals surface area contributed by atoms with E-state index in [1.54, 1.807) is 0 Å². The van der Waals surface area contributed by atoms with E-state index in [2.05, 4.69) is 130 Å². The molecule has 4 aromatic carbocycles. The number of benzene rings is 4. The molecule has 1 heteroatoms. The van der Waals surface area contributed by atoms with E-state index in [0.717, 1.165) is 0 Å². The standard InChI is InChI=1S/C33H28N/c1-21-17-18-30-28-15-8-7-13-26(28)24-11-5-6-12-25(24)27-14-9-10-16-29(27)33(30)32(21)31-19-22(2)23(3)20-34(31)4/h5-20H,1-4H3/q+1. The van der Waals surface area contributed by atoms with E-state index < -0.39 is 0 Å². The number of hydrogen-bond acceptors (Lipinski definition) is 0. The Morgan fingerprint density at radius 2 is 0.912 bits per heavy atom. The molecule has 1 aromatic heterocycles. The van der Waals surface area contributed by atoms with Crippen LogP contribution in [0, 0.1) is 20.8 Å². The van der Waals surface area contributed by atoms with Crippen LogP contribution in [0.1, 0.15) is 16.7 Å². The van der Waals surface area contributed by atoms with Crippen molar-refractivity contribution in [3.8, 4) is 55.8 Å². The molecule has 0 spiro atoms. The molecule has 164 valence electrons. The van der Waals surface area contributed by atoms with Gasteiger partial charge < -0.3 is 0 Å². The Morgan fingerprint density at radius 3 is 1.47 bits per heavy atom. The molecule has 34 heavy (non-hydrogen) atoms. The lowest BCUT2D eigenvalue weighted by Gasteiger charge is -2.25. The first-order chi connectivity index (χ1) is 16.5. The maximum absolute atomic E-state index is 2.35. The molecule has 0 saturated carbocycles. The first-order valence-electron chi connectivity index (χ1n) is 11.9. The number of aryl methyl sites for hydroxylation is 4. The third-order valence-corrected chi connectivity index (χ3v) is 7.33. The van der Waals surface area contributed by atoms with E-state index in [0.29, 0.717) is 0 Å². The van der Waals surface area contributed by atoms with Gasteiger partial charge in [-0.15, -0.1) is 0 Å². The SMILES string of the molecule is Cc1cc(-c2c(C)ccc3c2-c2ccccc2-c2ccccc2-c2ccccc2-3)[n+](C)cc1C. The third kappa shape index (κ3) is 3.04. The Labute approximate surface area is 202 Å². The van der Waals surface area contributed by atoms with Crippen molar-refractivity contribution < 1.29 is 4.57 Å². The fourth-order valence-corrected chi connectivity index (χ4v) is 5.51. The third-order valence-electron chi connectivity index (χ3n) is 7.33. The monoisotopic (exact) mass is 438 g/mol. The summed E-state index contributed by atoms with van der Waals surface area (Å²) in [6.45, 7) is 6.64. The molecule has 0 unspecified atom stereocenters. The number of aromatic nitrogens is 1. The molecular formula is C33H28N+. The number of pyridine rings is 1. The predicted molar refractivity (Wildman–Crippen MR) is 143 cm³/mol.